The third kappa shape index (κ3) is 3.77. The Morgan fingerprint density at radius 2 is 1.74 bits per heavy atom. The zero-order valence-electron chi connectivity index (χ0n) is 16.0. The summed E-state index contributed by atoms with van der Waals surface area (Å²) in [4.78, 5) is 35.0. The maximum atomic E-state index is 13.0. The van der Waals surface area contributed by atoms with Crippen LogP contribution in [0.1, 0.15) is 30.1 Å². The van der Waals surface area contributed by atoms with E-state index in [1.54, 1.807) is 0 Å². The number of rotatable bonds is 5. The number of nitrogens with one attached hydrogen (secondary N) is 1. The first kappa shape index (κ1) is 18.2. The lowest BCUT2D eigenvalue weighted by atomic mass is 10.0. The standard InChI is InChI=1S/C21H28N4O2/c1-16(21(27)18-14-22-19-7-3-2-6-17(18)19)24-12-10-23(11-13-24)15-20(26)25-8-4-5-9-25/h2-3,6-7,14,16,22H,4-5,8-13,15H2,1H3. The lowest BCUT2D eigenvalue weighted by Gasteiger charge is -2.37. The molecule has 3 heterocycles. The van der Waals surface area contributed by atoms with E-state index in [-0.39, 0.29) is 17.7 Å². The van der Waals surface area contributed by atoms with Crippen molar-refractivity contribution >= 4 is 22.6 Å². The van der Waals surface area contributed by atoms with Crippen molar-refractivity contribution in [3.05, 3.63) is 36.0 Å². The molecule has 1 atom stereocenters. The van der Waals surface area contributed by atoms with E-state index >= 15 is 0 Å². The van der Waals surface area contributed by atoms with Gasteiger partial charge in [-0.15, -0.1) is 0 Å². The molecular weight excluding hydrogens is 340 g/mol. The van der Waals surface area contributed by atoms with Gasteiger partial charge in [-0.05, 0) is 25.8 Å². The van der Waals surface area contributed by atoms with Crippen molar-refractivity contribution in [1.29, 1.82) is 0 Å². The SMILES string of the molecule is CC(C(=O)c1c[nH]c2ccccc12)N1CCN(CC(=O)N2CCCC2)CC1. The molecule has 0 radical (unpaired) electrons. The smallest absolute Gasteiger partial charge is 0.236 e. The highest BCUT2D eigenvalue weighted by Gasteiger charge is 2.29. The van der Waals surface area contributed by atoms with Gasteiger partial charge >= 0.3 is 0 Å². The first-order chi connectivity index (χ1) is 13.1. The summed E-state index contributed by atoms with van der Waals surface area (Å²) in [6.45, 7) is 7.65. The van der Waals surface area contributed by atoms with Crippen LogP contribution in [-0.2, 0) is 4.79 Å². The summed E-state index contributed by atoms with van der Waals surface area (Å²) < 4.78 is 0. The Hall–Kier alpha value is -2.18. The van der Waals surface area contributed by atoms with Gasteiger partial charge in [0.2, 0.25) is 5.91 Å². The Bertz CT molecular complexity index is 816. The summed E-state index contributed by atoms with van der Waals surface area (Å²) in [6.07, 6.45) is 4.09. The maximum absolute atomic E-state index is 13.0. The third-order valence-electron chi connectivity index (χ3n) is 6.01. The van der Waals surface area contributed by atoms with Crippen LogP contribution in [0.4, 0.5) is 0 Å². The highest BCUT2D eigenvalue weighted by Crippen LogP contribution is 2.21. The first-order valence-electron chi connectivity index (χ1n) is 9.98. The normalized spacial score (nSPS) is 20.3. The van der Waals surface area contributed by atoms with E-state index in [1.165, 1.54) is 0 Å². The van der Waals surface area contributed by atoms with E-state index in [9.17, 15) is 9.59 Å². The number of H-pyrrole nitrogens is 1. The van der Waals surface area contributed by atoms with Crippen molar-refractivity contribution < 1.29 is 9.59 Å². The number of piperazine rings is 1. The number of fused-ring (bicyclic) bond motifs is 1. The van der Waals surface area contributed by atoms with Gasteiger partial charge in [0.05, 0.1) is 12.6 Å². The van der Waals surface area contributed by atoms with E-state index < -0.39 is 0 Å². The number of aromatic nitrogens is 1. The largest absolute Gasteiger partial charge is 0.360 e. The van der Waals surface area contributed by atoms with Crippen LogP contribution in [-0.4, -0.2) is 83.2 Å². The Balaban J connectivity index is 1.33. The van der Waals surface area contributed by atoms with Crippen LogP contribution in [0.25, 0.3) is 10.9 Å². The van der Waals surface area contributed by atoms with Crippen molar-refractivity contribution in [2.24, 2.45) is 0 Å². The number of aromatic amines is 1. The van der Waals surface area contributed by atoms with E-state index in [0.717, 1.165) is 68.6 Å². The number of Topliss-reactive ketones (excluding diaryl/α,β-unsaturated/α-hetero) is 1. The van der Waals surface area contributed by atoms with Gasteiger partial charge in [0.15, 0.2) is 5.78 Å². The molecule has 0 spiro atoms. The zero-order valence-corrected chi connectivity index (χ0v) is 16.0. The fraction of sp³-hybridized carbons (Fsp3) is 0.524. The summed E-state index contributed by atoms with van der Waals surface area (Å²) in [6, 6.07) is 7.77. The van der Waals surface area contributed by atoms with Crippen LogP contribution in [0.15, 0.2) is 30.5 Å². The molecule has 6 heteroatoms. The highest BCUT2D eigenvalue weighted by molar-refractivity contribution is 6.10. The average molecular weight is 368 g/mol. The highest BCUT2D eigenvalue weighted by atomic mass is 16.2. The molecule has 1 amide bonds. The quantitative estimate of drug-likeness (QED) is 0.820. The molecule has 2 aliphatic rings. The predicted molar refractivity (Wildman–Crippen MR) is 106 cm³/mol. The van der Waals surface area contributed by atoms with Gasteiger partial charge in [-0.3, -0.25) is 19.4 Å². The molecule has 6 nitrogen and oxygen atoms in total. The second-order valence-corrected chi connectivity index (χ2v) is 7.69. The minimum absolute atomic E-state index is 0.152. The maximum Gasteiger partial charge on any atom is 0.236 e. The Kier molecular flexibility index (Phi) is 5.27. The van der Waals surface area contributed by atoms with E-state index in [4.69, 9.17) is 0 Å². The molecule has 1 unspecified atom stereocenters. The summed E-state index contributed by atoms with van der Waals surface area (Å²) in [7, 11) is 0. The molecule has 27 heavy (non-hydrogen) atoms. The van der Waals surface area contributed by atoms with Crippen molar-refractivity contribution in [3.63, 3.8) is 0 Å². The molecule has 0 saturated carbocycles. The monoisotopic (exact) mass is 368 g/mol. The topological polar surface area (TPSA) is 59.7 Å². The Morgan fingerprint density at radius 3 is 2.48 bits per heavy atom. The van der Waals surface area contributed by atoms with Gasteiger partial charge in [-0.2, -0.15) is 0 Å². The number of amides is 1. The number of benzene rings is 1. The molecule has 2 saturated heterocycles. The van der Waals surface area contributed by atoms with Crippen LogP contribution < -0.4 is 0 Å². The number of likely N-dealkylation sites (tertiary alicyclic amines) is 1. The number of para-hydroxylation sites is 1. The summed E-state index contributed by atoms with van der Waals surface area (Å²) in [5.74, 6) is 0.415. The number of hydrogen-bond donors (Lipinski definition) is 1. The molecule has 0 aliphatic carbocycles. The lowest BCUT2D eigenvalue weighted by Crippen LogP contribution is -2.53. The van der Waals surface area contributed by atoms with Crippen molar-refractivity contribution in [2.75, 3.05) is 45.8 Å². The molecule has 4 rings (SSSR count). The fourth-order valence-electron chi connectivity index (χ4n) is 4.23. The molecule has 1 aromatic heterocycles. The molecule has 2 aliphatic heterocycles. The summed E-state index contributed by atoms with van der Waals surface area (Å²) in [5, 5.41) is 0.990. The van der Waals surface area contributed by atoms with E-state index in [1.807, 2.05) is 42.3 Å². The Morgan fingerprint density at radius 1 is 1.04 bits per heavy atom. The van der Waals surface area contributed by atoms with Crippen molar-refractivity contribution in [1.82, 2.24) is 19.7 Å². The number of carbonyl (C=O) groups is 2. The van der Waals surface area contributed by atoms with E-state index in [2.05, 4.69) is 14.8 Å². The molecular formula is C21H28N4O2. The molecule has 1 aromatic carbocycles. The summed E-state index contributed by atoms with van der Waals surface area (Å²) >= 11 is 0. The molecule has 1 N–H and O–H groups in total. The fourth-order valence-corrected chi connectivity index (χ4v) is 4.23. The van der Waals surface area contributed by atoms with Gasteiger partial charge in [0.25, 0.3) is 0 Å². The van der Waals surface area contributed by atoms with Gasteiger partial charge in [-0.25, -0.2) is 0 Å². The van der Waals surface area contributed by atoms with Crippen molar-refractivity contribution in [3.8, 4) is 0 Å². The predicted octanol–water partition coefficient (Wildman–Crippen LogP) is 1.98. The van der Waals surface area contributed by atoms with Gasteiger partial charge in [-0.1, -0.05) is 18.2 Å². The Labute approximate surface area is 160 Å². The minimum atomic E-state index is -0.152. The van der Waals surface area contributed by atoms with Gasteiger partial charge in [0, 0.05) is 61.9 Å². The van der Waals surface area contributed by atoms with Gasteiger partial charge in [0.1, 0.15) is 0 Å². The lowest BCUT2D eigenvalue weighted by molar-refractivity contribution is -0.131. The van der Waals surface area contributed by atoms with Crippen LogP contribution >= 0.6 is 0 Å². The van der Waals surface area contributed by atoms with E-state index in [0.29, 0.717) is 6.54 Å². The molecule has 144 valence electrons. The second kappa shape index (κ2) is 7.82. The van der Waals surface area contributed by atoms with Gasteiger partial charge < -0.3 is 9.88 Å². The number of nitrogens with zero attached hydrogens (tertiary/aromatic N) is 3. The summed E-state index contributed by atoms with van der Waals surface area (Å²) in [5.41, 5.74) is 1.77. The molecule has 0 bridgehead atoms. The number of hydrogen-bond acceptors (Lipinski definition) is 4. The zero-order chi connectivity index (χ0) is 18.8. The average Bonchev–Trinajstić information content (AvgIpc) is 3.37. The minimum Gasteiger partial charge on any atom is -0.360 e. The van der Waals surface area contributed by atoms with Crippen LogP contribution in [0.3, 0.4) is 0 Å². The van der Waals surface area contributed by atoms with Crippen LogP contribution in [0, 0.1) is 0 Å². The molecule has 2 fully saturated rings. The number of carbonyl (C=O) groups excluding carboxylic acids is 2. The first-order valence-corrected chi connectivity index (χ1v) is 9.98. The second-order valence-electron chi connectivity index (χ2n) is 7.69. The van der Waals surface area contributed by atoms with Crippen LogP contribution in [0.5, 0.6) is 0 Å². The van der Waals surface area contributed by atoms with Crippen molar-refractivity contribution in [2.45, 2.75) is 25.8 Å². The number of ketones is 1. The third-order valence-corrected chi connectivity index (χ3v) is 6.01. The molecule has 2 aromatic rings. The van der Waals surface area contributed by atoms with Crippen LogP contribution in [0.2, 0.25) is 0 Å².